The van der Waals surface area contributed by atoms with Crippen LogP contribution in [0, 0.1) is 5.82 Å². The standard InChI is InChI=1S/C11H11ClF2N4O3/c12-11(14)7(20)5(2-19)21-10(11)18-1-4(13)6-8(15)16-3-17-9(6)18/h1,3,5,7,10,19-20H,2H2,(H2,15,16,17)/t5-,7-,10-,11-/m1/s1. The van der Waals surface area contributed by atoms with E-state index in [0.717, 1.165) is 17.1 Å². The van der Waals surface area contributed by atoms with E-state index >= 15 is 0 Å². The summed E-state index contributed by atoms with van der Waals surface area (Å²) in [5, 5.41) is 15.9. The molecule has 1 saturated heterocycles. The Labute approximate surface area is 121 Å². The number of anilines is 1. The maximum atomic E-state index is 14.5. The summed E-state index contributed by atoms with van der Waals surface area (Å²) in [5.41, 5.74) is 5.53. The van der Waals surface area contributed by atoms with Gasteiger partial charge in [0.05, 0.1) is 12.0 Å². The number of hydrogen-bond acceptors (Lipinski definition) is 6. The molecule has 0 unspecified atom stereocenters. The van der Waals surface area contributed by atoms with E-state index in [2.05, 4.69) is 9.97 Å². The van der Waals surface area contributed by atoms with E-state index in [1.807, 2.05) is 0 Å². The number of aromatic nitrogens is 3. The fraction of sp³-hybridized carbons (Fsp3) is 0.455. The Morgan fingerprint density at radius 3 is 2.86 bits per heavy atom. The van der Waals surface area contributed by atoms with Crippen molar-refractivity contribution in [3.63, 3.8) is 0 Å². The van der Waals surface area contributed by atoms with Crippen molar-refractivity contribution in [2.75, 3.05) is 12.3 Å². The monoisotopic (exact) mass is 320 g/mol. The molecule has 1 fully saturated rings. The number of nitrogens with two attached hydrogens (primary N) is 1. The highest BCUT2D eigenvalue weighted by atomic mass is 35.5. The minimum atomic E-state index is -2.76. The maximum absolute atomic E-state index is 14.5. The van der Waals surface area contributed by atoms with Crippen LogP contribution in [0.3, 0.4) is 0 Å². The Morgan fingerprint density at radius 1 is 1.52 bits per heavy atom. The molecule has 4 atom stereocenters. The van der Waals surface area contributed by atoms with Crippen LogP contribution >= 0.6 is 11.6 Å². The highest BCUT2D eigenvalue weighted by molar-refractivity contribution is 6.23. The van der Waals surface area contributed by atoms with Crippen LogP contribution in [0.2, 0.25) is 0 Å². The van der Waals surface area contributed by atoms with Crippen molar-refractivity contribution >= 4 is 28.5 Å². The number of nitrogens with zero attached hydrogens (tertiary/aromatic N) is 3. The van der Waals surface area contributed by atoms with Crippen LogP contribution in [-0.4, -0.2) is 48.7 Å². The Kier molecular flexibility index (Phi) is 3.24. The van der Waals surface area contributed by atoms with Crippen molar-refractivity contribution in [2.24, 2.45) is 0 Å². The summed E-state index contributed by atoms with van der Waals surface area (Å²) in [4.78, 5) is 7.48. The Balaban J connectivity index is 2.15. The lowest BCUT2D eigenvalue weighted by atomic mass is 10.1. The highest BCUT2D eigenvalue weighted by Gasteiger charge is 2.57. The van der Waals surface area contributed by atoms with Gasteiger partial charge in [-0.05, 0) is 0 Å². The zero-order valence-corrected chi connectivity index (χ0v) is 11.2. The molecule has 7 nitrogen and oxygen atoms in total. The van der Waals surface area contributed by atoms with E-state index in [1.165, 1.54) is 0 Å². The summed E-state index contributed by atoms with van der Waals surface area (Å²) < 4.78 is 34.6. The molecule has 3 rings (SSSR count). The maximum Gasteiger partial charge on any atom is 0.256 e. The van der Waals surface area contributed by atoms with Crippen LogP contribution in [0.15, 0.2) is 12.5 Å². The second-order valence-corrected chi connectivity index (χ2v) is 5.25. The minimum Gasteiger partial charge on any atom is -0.394 e. The van der Waals surface area contributed by atoms with E-state index in [1.54, 1.807) is 0 Å². The van der Waals surface area contributed by atoms with Gasteiger partial charge in [0.25, 0.3) is 5.13 Å². The van der Waals surface area contributed by atoms with Crippen LogP contribution in [0.25, 0.3) is 11.0 Å². The van der Waals surface area contributed by atoms with Crippen molar-refractivity contribution in [1.82, 2.24) is 14.5 Å². The van der Waals surface area contributed by atoms with Gasteiger partial charge in [0, 0.05) is 6.20 Å². The molecule has 2 aromatic rings. The van der Waals surface area contributed by atoms with Gasteiger partial charge in [-0.15, -0.1) is 0 Å². The molecule has 1 aliphatic heterocycles. The number of halogens is 3. The average Bonchev–Trinajstić information content (AvgIpc) is 2.87. The summed E-state index contributed by atoms with van der Waals surface area (Å²) >= 11 is 5.67. The molecule has 4 N–H and O–H groups in total. The second-order valence-electron chi connectivity index (χ2n) is 4.67. The van der Waals surface area contributed by atoms with Gasteiger partial charge in [0.2, 0.25) is 0 Å². The lowest BCUT2D eigenvalue weighted by Gasteiger charge is -2.22. The number of fused-ring (bicyclic) bond motifs is 1. The number of alkyl halides is 2. The van der Waals surface area contributed by atoms with E-state index in [-0.39, 0.29) is 16.9 Å². The smallest absolute Gasteiger partial charge is 0.256 e. The summed E-state index contributed by atoms with van der Waals surface area (Å²) in [6, 6.07) is 0. The minimum absolute atomic E-state index is 0.0292. The van der Waals surface area contributed by atoms with Gasteiger partial charge < -0.3 is 20.7 Å². The fourth-order valence-corrected chi connectivity index (χ4v) is 2.66. The molecule has 0 amide bonds. The summed E-state index contributed by atoms with van der Waals surface area (Å²) in [5.74, 6) is -0.895. The van der Waals surface area contributed by atoms with Gasteiger partial charge in [-0.2, -0.15) is 0 Å². The molecule has 1 aliphatic rings. The number of nitrogen functional groups attached to an aromatic ring is 1. The fourth-order valence-electron chi connectivity index (χ4n) is 2.36. The lowest BCUT2D eigenvalue weighted by Crippen LogP contribution is -2.38. The summed E-state index contributed by atoms with van der Waals surface area (Å²) in [6.07, 6.45) is -2.61. The van der Waals surface area contributed by atoms with Crippen LogP contribution in [0.4, 0.5) is 14.6 Å². The van der Waals surface area contributed by atoms with Crippen molar-refractivity contribution in [2.45, 2.75) is 23.6 Å². The zero-order valence-electron chi connectivity index (χ0n) is 10.4. The largest absolute Gasteiger partial charge is 0.394 e. The molecule has 3 heterocycles. The third-order valence-electron chi connectivity index (χ3n) is 3.40. The highest BCUT2D eigenvalue weighted by Crippen LogP contribution is 2.46. The predicted molar refractivity (Wildman–Crippen MR) is 68.6 cm³/mol. The quantitative estimate of drug-likeness (QED) is 0.688. The van der Waals surface area contributed by atoms with Crippen molar-refractivity contribution in [3.8, 4) is 0 Å². The van der Waals surface area contributed by atoms with E-state index in [0.29, 0.717) is 0 Å². The van der Waals surface area contributed by atoms with Crippen LogP contribution in [-0.2, 0) is 4.74 Å². The molecule has 114 valence electrons. The van der Waals surface area contributed by atoms with Gasteiger partial charge in [0.1, 0.15) is 24.4 Å². The summed E-state index contributed by atoms with van der Waals surface area (Å²) in [7, 11) is 0. The molecule has 10 heteroatoms. The van der Waals surface area contributed by atoms with Gasteiger partial charge in [0.15, 0.2) is 17.7 Å². The normalized spacial score (nSPS) is 32.9. The number of aliphatic hydroxyl groups is 2. The molecular weight excluding hydrogens is 310 g/mol. The molecular formula is C11H11ClF2N4O3. The SMILES string of the molecule is Nc1ncnc2c1c(F)cn2[C@@H]1O[C@H](CO)[C@@H](O)[C@]1(F)Cl. The number of rotatable bonds is 2. The van der Waals surface area contributed by atoms with Gasteiger partial charge >= 0.3 is 0 Å². The molecule has 0 aliphatic carbocycles. The third-order valence-corrected chi connectivity index (χ3v) is 3.81. The number of hydrogen-bond donors (Lipinski definition) is 3. The van der Waals surface area contributed by atoms with Crippen LogP contribution < -0.4 is 5.73 Å². The van der Waals surface area contributed by atoms with E-state index in [9.17, 15) is 13.9 Å². The van der Waals surface area contributed by atoms with E-state index in [4.69, 9.17) is 27.2 Å². The van der Waals surface area contributed by atoms with E-state index < -0.39 is 36.0 Å². The van der Waals surface area contributed by atoms with Crippen LogP contribution in [0.5, 0.6) is 0 Å². The second kappa shape index (κ2) is 4.73. The average molecular weight is 321 g/mol. The first-order valence-electron chi connectivity index (χ1n) is 5.96. The molecule has 2 aromatic heterocycles. The topological polar surface area (TPSA) is 106 Å². The Bertz CT molecular complexity index is 695. The molecule has 0 spiro atoms. The number of aliphatic hydroxyl groups excluding tert-OH is 2. The lowest BCUT2D eigenvalue weighted by molar-refractivity contribution is -0.0481. The molecule has 21 heavy (non-hydrogen) atoms. The molecule has 0 bridgehead atoms. The van der Waals surface area contributed by atoms with Crippen LogP contribution in [0.1, 0.15) is 6.23 Å². The van der Waals surface area contributed by atoms with Crippen molar-refractivity contribution in [3.05, 3.63) is 18.3 Å². The third kappa shape index (κ3) is 1.96. The first kappa shape index (κ1) is 14.4. The predicted octanol–water partition coefficient (Wildman–Crippen LogP) is 0.308. The van der Waals surface area contributed by atoms with Gasteiger partial charge in [-0.1, -0.05) is 11.6 Å². The molecule has 0 aromatic carbocycles. The van der Waals surface area contributed by atoms with Gasteiger partial charge in [-0.3, -0.25) is 4.57 Å². The van der Waals surface area contributed by atoms with Crippen molar-refractivity contribution < 1.29 is 23.7 Å². The van der Waals surface area contributed by atoms with Crippen molar-refractivity contribution in [1.29, 1.82) is 0 Å². The Morgan fingerprint density at radius 2 is 2.24 bits per heavy atom. The molecule has 0 radical (unpaired) electrons. The van der Waals surface area contributed by atoms with Gasteiger partial charge in [-0.25, -0.2) is 18.7 Å². The Hall–Kier alpha value is -1.55. The first-order valence-corrected chi connectivity index (χ1v) is 6.34. The zero-order chi connectivity index (χ0) is 15.4. The number of ether oxygens (including phenoxy) is 1. The summed E-state index contributed by atoms with van der Waals surface area (Å²) in [6.45, 7) is -0.644. The molecule has 0 saturated carbocycles. The first-order chi connectivity index (χ1) is 9.87.